The van der Waals surface area contributed by atoms with Gasteiger partial charge in [0.2, 0.25) is 5.95 Å². The molecule has 32 heavy (non-hydrogen) atoms. The quantitative estimate of drug-likeness (QED) is 0.385. The van der Waals surface area contributed by atoms with E-state index in [0.29, 0.717) is 23.1 Å². The number of alkyl halides is 3. The van der Waals surface area contributed by atoms with E-state index in [0.717, 1.165) is 11.6 Å². The number of rotatable bonds is 8. The maximum atomic E-state index is 12.5. The Morgan fingerprint density at radius 3 is 2.38 bits per heavy atom. The average Bonchev–Trinajstić information content (AvgIpc) is 2.73. The molecule has 0 aliphatic rings. The van der Waals surface area contributed by atoms with Crippen LogP contribution in [0, 0.1) is 5.92 Å². The molecular weight excluding hydrogens is 445 g/mol. The van der Waals surface area contributed by atoms with E-state index in [-0.39, 0.29) is 23.6 Å². The molecule has 0 amide bonds. The Kier molecular flexibility index (Phi) is 7.42. The minimum absolute atomic E-state index is 0.102. The van der Waals surface area contributed by atoms with Crippen LogP contribution in [0.5, 0.6) is 5.75 Å². The maximum Gasteiger partial charge on any atom is 0.573 e. The smallest absolute Gasteiger partial charge is 0.404 e. The van der Waals surface area contributed by atoms with Gasteiger partial charge >= 0.3 is 6.36 Å². The van der Waals surface area contributed by atoms with E-state index >= 15 is 0 Å². The fourth-order valence-electron chi connectivity index (χ4n) is 2.86. The zero-order chi connectivity index (χ0) is 23.3. The van der Waals surface area contributed by atoms with E-state index in [1.165, 1.54) is 12.1 Å². The summed E-state index contributed by atoms with van der Waals surface area (Å²) in [6.07, 6.45) is -4.84. The van der Waals surface area contributed by atoms with E-state index in [1.807, 2.05) is 44.2 Å². The third kappa shape index (κ3) is 6.48. The zero-order valence-corrected chi connectivity index (χ0v) is 18.1. The van der Waals surface area contributed by atoms with Crippen LogP contribution in [0.2, 0.25) is 5.02 Å². The fraction of sp³-hybridized carbons (Fsp3) is 0.273. The molecular formula is C22H22ClF3N4O2. The van der Waals surface area contributed by atoms with Crippen molar-refractivity contribution in [3.8, 4) is 17.0 Å². The first-order valence-corrected chi connectivity index (χ1v) is 10.2. The second kappa shape index (κ2) is 10.1. The van der Waals surface area contributed by atoms with Crippen molar-refractivity contribution in [3.05, 3.63) is 59.6 Å². The molecule has 3 N–H and O–H groups in total. The lowest BCUT2D eigenvalue weighted by Crippen LogP contribution is -2.30. The zero-order valence-electron chi connectivity index (χ0n) is 17.3. The van der Waals surface area contributed by atoms with Crippen LogP contribution < -0.4 is 15.4 Å². The van der Waals surface area contributed by atoms with Gasteiger partial charge in [-0.2, -0.15) is 4.98 Å². The predicted molar refractivity (Wildman–Crippen MR) is 118 cm³/mol. The summed E-state index contributed by atoms with van der Waals surface area (Å²) in [6.45, 7) is 3.82. The van der Waals surface area contributed by atoms with Crippen molar-refractivity contribution in [2.24, 2.45) is 5.92 Å². The molecule has 6 nitrogen and oxygen atoms in total. The molecule has 2 aromatic carbocycles. The van der Waals surface area contributed by atoms with Crippen LogP contribution in [0.4, 0.5) is 30.6 Å². The van der Waals surface area contributed by atoms with Gasteiger partial charge in [-0.25, -0.2) is 4.98 Å². The highest BCUT2D eigenvalue weighted by molar-refractivity contribution is 6.32. The first-order valence-electron chi connectivity index (χ1n) is 9.79. The molecule has 10 heteroatoms. The molecule has 0 bridgehead atoms. The SMILES string of the molecule is CC(C)[C@H](CO)Nc1nc(Nc2ccc(OC(F)(F)F)c(Cl)c2)cc(-c2ccccc2)n1. The number of aliphatic hydroxyl groups excluding tert-OH is 1. The Labute approximate surface area is 188 Å². The number of hydrogen-bond donors (Lipinski definition) is 3. The molecule has 3 aromatic rings. The molecule has 1 atom stereocenters. The molecule has 1 heterocycles. The van der Waals surface area contributed by atoms with Gasteiger partial charge in [0.1, 0.15) is 11.6 Å². The van der Waals surface area contributed by atoms with E-state index in [1.54, 1.807) is 6.07 Å². The van der Waals surface area contributed by atoms with Gasteiger partial charge in [0.25, 0.3) is 0 Å². The Morgan fingerprint density at radius 2 is 1.78 bits per heavy atom. The average molecular weight is 467 g/mol. The third-order valence-corrected chi connectivity index (χ3v) is 4.84. The Bertz CT molecular complexity index is 1050. The lowest BCUT2D eigenvalue weighted by Gasteiger charge is -2.21. The van der Waals surface area contributed by atoms with Crippen molar-refractivity contribution in [1.29, 1.82) is 0 Å². The first kappa shape index (κ1) is 23.6. The monoisotopic (exact) mass is 466 g/mol. The number of aliphatic hydroxyl groups is 1. The van der Waals surface area contributed by atoms with Crippen LogP contribution >= 0.6 is 11.6 Å². The van der Waals surface area contributed by atoms with Gasteiger partial charge in [-0.15, -0.1) is 13.2 Å². The van der Waals surface area contributed by atoms with E-state index in [9.17, 15) is 18.3 Å². The molecule has 0 aliphatic heterocycles. The first-order chi connectivity index (χ1) is 15.1. The Hall–Kier alpha value is -3.04. The molecule has 3 rings (SSSR count). The summed E-state index contributed by atoms with van der Waals surface area (Å²) in [5, 5.41) is 15.6. The number of benzene rings is 2. The number of ether oxygens (including phenoxy) is 1. The molecule has 0 saturated heterocycles. The van der Waals surface area contributed by atoms with Crippen molar-refractivity contribution in [2.45, 2.75) is 26.3 Å². The molecule has 0 spiro atoms. The number of halogens is 4. The molecule has 1 aromatic heterocycles. The molecule has 0 fully saturated rings. The van der Waals surface area contributed by atoms with Gasteiger partial charge in [0, 0.05) is 17.3 Å². The molecule has 0 saturated carbocycles. The van der Waals surface area contributed by atoms with Crippen LogP contribution in [-0.2, 0) is 0 Å². The summed E-state index contributed by atoms with van der Waals surface area (Å²) < 4.78 is 41.3. The summed E-state index contributed by atoms with van der Waals surface area (Å²) in [7, 11) is 0. The largest absolute Gasteiger partial charge is 0.573 e. The topological polar surface area (TPSA) is 79.3 Å². The highest BCUT2D eigenvalue weighted by Crippen LogP contribution is 2.33. The minimum Gasteiger partial charge on any atom is -0.404 e. The lowest BCUT2D eigenvalue weighted by molar-refractivity contribution is -0.274. The highest BCUT2D eigenvalue weighted by Gasteiger charge is 2.32. The number of hydrogen-bond acceptors (Lipinski definition) is 6. The minimum atomic E-state index is -4.84. The second-order valence-electron chi connectivity index (χ2n) is 7.32. The second-order valence-corrected chi connectivity index (χ2v) is 7.73. The van der Waals surface area contributed by atoms with Crippen molar-refractivity contribution < 1.29 is 23.0 Å². The maximum absolute atomic E-state index is 12.5. The van der Waals surface area contributed by atoms with Gasteiger partial charge in [0.15, 0.2) is 0 Å². The van der Waals surface area contributed by atoms with E-state index in [2.05, 4.69) is 25.3 Å². The number of anilines is 3. The van der Waals surface area contributed by atoms with Crippen molar-refractivity contribution >= 4 is 29.1 Å². The summed E-state index contributed by atoms with van der Waals surface area (Å²) in [4.78, 5) is 8.98. The molecule has 0 unspecified atom stereocenters. The molecule has 0 radical (unpaired) electrons. The highest BCUT2D eigenvalue weighted by atomic mass is 35.5. The fourth-order valence-corrected chi connectivity index (χ4v) is 3.07. The molecule has 0 aliphatic carbocycles. The normalized spacial score (nSPS) is 12.5. The number of nitrogens with zero attached hydrogens (tertiary/aromatic N) is 2. The lowest BCUT2D eigenvalue weighted by atomic mass is 10.1. The Morgan fingerprint density at radius 1 is 1.06 bits per heavy atom. The van der Waals surface area contributed by atoms with Gasteiger partial charge in [0.05, 0.1) is 23.4 Å². The molecule has 170 valence electrons. The number of nitrogens with one attached hydrogen (secondary N) is 2. The number of aromatic nitrogens is 2. The van der Waals surface area contributed by atoms with Crippen LogP contribution in [-0.4, -0.2) is 34.1 Å². The van der Waals surface area contributed by atoms with Gasteiger partial charge in [-0.05, 0) is 24.1 Å². The van der Waals surface area contributed by atoms with Crippen molar-refractivity contribution in [2.75, 3.05) is 17.2 Å². The van der Waals surface area contributed by atoms with E-state index in [4.69, 9.17) is 11.6 Å². The van der Waals surface area contributed by atoms with Gasteiger partial charge in [-0.1, -0.05) is 55.8 Å². The summed E-state index contributed by atoms with van der Waals surface area (Å²) in [6, 6.07) is 14.7. The van der Waals surface area contributed by atoms with Gasteiger partial charge in [-0.3, -0.25) is 0 Å². The van der Waals surface area contributed by atoms with Gasteiger partial charge < -0.3 is 20.5 Å². The van der Waals surface area contributed by atoms with Crippen LogP contribution in [0.1, 0.15) is 13.8 Å². The van der Waals surface area contributed by atoms with Crippen molar-refractivity contribution in [3.63, 3.8) is 0 Å². The van der Waals surface area contributed by atoms with Crippen molar-refractivity contribution in [1.82, 2.24) is 9.97 Å². The summed E-state index contributed by atoms with van der Waals surface area (Å²) >= 11 is 5.94. The van der Waals surface area contributed by atoms with E-state index < -0.39 is 12.1 Å². The standard InChI is InChI=1S/C22H22ClF3N4O2/c1-13(2)18(12-31)29-21-28-17(14-6-4-3-5-7-14)11-20(30-21)27-15-8-9-19(16(23)10-15)32-22(24,25)26/h3-11,13,18,31H,12H2,1-2H3,(H2,27,28,29,30)/t18-/m0/s1. The van der Waals surface area contributed by atoms with Crippen LogP contribution in [0.15, 0.2) is 54.6 Å². The summed E-state index contributed by atoms with van der Waals surface area (Å²) in [5.74, 6) is 0.315. The van der Waals surface area contributed by atoms with Crippen LogP contribution in [0.25, 0.3) is 11.3 Å². The van der Waals surface area contributed by atoms with Crippen LogP contribution in [0.3, 0.4) is 0 Å². The Balaban J connectivity index is 1.93. The summed E-state index contributed by atoms with van der Waals surface area (Å²) in [5.41, 5.74) is 1.88. The third-order valence-electron chi connectivity index (χ3n) is 4.54. The predicted octanol–water partition coefficient (Wildman–Crippen LogP) is 5.87.